The van der Waals surface area contributed by atoms with E-state index in [4.69, 9.17) is 0 Å². The topological polar surface area (TPSA) is 29.9 Å². The zero-order valence-corrected chi connectivity index (χ0v) is 9.08. The van der Waals surface area contributed by atoms with E-state index < -0.39 is 0 Å². The van der Waals surface area contributed by atoms with Crippen molar-refractivity contribution in [2.24, 2.45) is 7.05 Å². The van der Waals surface area contributed by atoms with Gasteiger partial charge in [0.15, 0.2) is 0 Å². The van der Waals surface area contributed by atoms with Crippen molar-refractivity contribution in [3.63, 3.8) is 0 Å². The number of rotatable bonds is 3. The van der Waals surface area contributed by atoms with Crippen LogP contribution in [0.4, 0.5) is 0 Å². The summed E-state index contributed by atoms with van der Waals surface area (Å²) >= 11 is 1.71. The molecule has 0 radical (unpaired) electrons. The van der Waals surface area contributed by atoms with E-state index in [1.165, 1.54) is 5.56 Å². The number of thiophene rings is 1. The van der Waals surface area contributed by atoms with E-state index in [2.05, 4.69) is 27.1 Å². The summed E-state index contributed by atoms with van der Waals surface area (Å²) in [4.78, 5) is 4.35. The minimum atomic E-state index is 0.211. The molecular weight excluding hydrogens is 194 g/mol. The van der Waals surface area contributed by atoms with Crippen LogP contribution in [0.25, 0.3) is 0 Å². The van der Waals surface area contributed by atoms with Gasteiger partial charge in [0, 0.05) is 13.2 Å². The summed E-state index contributed by atoms with van der Waals surface area (Å²) in [6.45, 7) is 0. The second kappa shape index (κ2) is 3.94. The summed E-state index contributed by atoms with van der Waals surface area (Å²) in [6, 6.07) is 2.34. The van der Waals surface area contributed by atoms with E-state index in [1.54, 1.807) is 11.3 Å². The Bertz CT molecular complexity index is 391. The molecule has 2 aromatic rings. The second-order valence-electron chi connectivity index (χ2n) is 3.24. The summed E-state index contributed by atoms with van der Waals surface area (Å²) in [7, 11) is 3.94. The monoisotopic (exact) mass is 207 g/mol. The van der Waals surface area contributed by atoms with Crippen molar-refractivity contribution in [1.29, 1.82) is 0 Å². The molecular formula is C10H13N3S. The fraction of sp³-hybridized carbons (Fsp3) is 0.300. The van der Waals surface area contributed by atoms with Crippen molar-refractivity contribution < 1.29 is 0 Å². The summed E-state index contributed by atoms with van der Waals surface area (Å²) in [5, 5.41) is 7.50. The maximum absolute atomic E-state index is 4.35. The van der Waals surface area contributed by atoms with Crippen LogP contribution in [0.2, 0.25) is 0 Å². The van der Waals surface area contributed by atoms with Gasteiger partial charge in [0.1, 0.15) is 0 Å². The van der Waals surface area contributed by atoms with Gasteiger partial charge in [-0.15, -0.1) is 0 Å². The molecule has 0 aromatic carbocycles. The molecule has 74 valence electrons. The van der Waals surface area contributed by atoms with E-state index in [0.29, 0.717) is 0 Å². The van der Waals surface area contributed by atoms with Crippen LogP contribution in [-0.2, 0) is 7.05 Å². The normalized spacial score (nSPS) is 13.0. The lowest BCUT2D eigenvalue weighted by molar-refractivity contribution is 0.676. The predicted octanol–water partition coefficient (Wildman–Crippen LogP) is 1.79. The highest BCUT2D eigenvalue weighted by atomic mass is 32.1. The summed E-state index contributed by atoms with van der Waals surface area (Å²) < 4.78 is 1.96. The number of imidazole rings is 1. The zero-order valence-electron chi connectivity index (χ0n) is 8.27. The number of aryl methyl sites for hydroxylation is 1. The van der Waals surface area contributed by atoms with Crippen molar-refractivity contribution in [2.75, 3.05) is 7.05 Å². The highest BCUT2D eigenvalue weighted by Crippen LogP contribution is 2.21. The van der Waals surface area contributed by atoms with Gasteiger partial charge in [0.2, 0.25) is 0 Å². The molecule has 0 aliphatic heterocycles. The third kappa shape index (κ3) is 1.71. The molecule has 2 aromatic heterocycles. The van der Waals surface area contributed by atoms with Crippen LogP contribution in [0.3, 0.4) is 0 Å². The van der Waals surface area contributed by atoms with Crippen LogP contribution in [0.5, 0.6) is 0 Å². The van der Waals surface area contributed by atoms with Crippen LogP contribution < -0.4 is 5.32 Å². The smallest absolute Gasteiger partial charge is 0.0947 e. The molecule has 0 fully saturated rings. The number of nitrogens with zero attached hydrogens (tertiary/aromatic N) is 2. The molecule has 0 saturated carbocycles. The largest absolute Gasteiger partial charge is 0.340 e. The minimum absolute atomic E-state index is 0.211. The fourth-order valence-corrected chi connectivity index (χ4v) is 2.19. The lowest BCUT2D eigenvalue weighted by Gasteiger charge is -2.11. The molecule has 0 bridgehead atoms. The quantitative estimate of drug-likeness (QED) is 0.831. The Balaban J connectivity index is 2.31. The van der Waals surface area contributed by atoms with Gasteiger partial charge in [-0.25, -0.2) is 4.98 Å². The van der Waals surface area contributed by atoms with Gasteiger partial charge in [0.05, 0.1) is 18.1 Å². The van der Waals surface area contributed by atoms with Gasteiger partial charge in [0.25, 0.3) is 0 Å². The Morgan fingerprint density at radius 3 is 2.93 bits per heavy atom. The number of nitrogens with one attached hydrogen (secondary N) is 1. The third-order valence-electron chi connectivity index (χ3n) is 2.19. The second-order valence-corrected chi connectivity index (χ2v) is 4.02. The van der Waals surface area contributed by atoms with Crippen LogP contribution in [0.1, 0.15) is 17.3 Å². The van der Waals surface area contributed by atoms with Crippen LogP contribution in [0, 0.1) is 0 Å². The molecule has 4 heteroatoms. The standard InChI is InChI=1S/C10H13N3S/c1-11-10(8-3-4-14-6-8)9-5-13(2)7-12-9/h3-7,10-11H,1-2H3. The van der Waals surface area contributed by atoms with Crippen LogP contribution >= 0.6 is 11.3 Å². The average Bonchev–Trinajstić information content (AvgIpc) is 2.79. The van der Waals surface area contributed by atoms with E-state index in [9.17, 15) is 0 Å². The highest BCUT2D eigenvalue weighted by molar-refractivity contribution is 7.08. The Kier molecular flexibility index (Phi) is 2.65. The van der Waals surface area contributed by atoms with Crippen molar-refractivity contribution in [3.8, 4) is 0 Å². The molecule has 0 amide bonds. The first-order chi connectivity index (χ1) is 6.81. The van der Waals surface area contributed by atoms with Crippen molar-refractivity contribution in [3.05, 3.63) is 40.6 Å². The van der Waals surface area contributed by atoms with Gasteiger partial charge in [-0.2, -0.15) is 11.3 Å². The summed E-state index contributed by atoms with van der Waals surface area (Å²) in [5.74, 6) is 0. The average molecular weight is 207 g/mol. The molecule has 0 saturated heterocycles. The fourth-order valence-electron chi connectivity index (χ4n) is 1.51. The number of aromatic nitrogens is 2. The molecule has 2 heterocycles. The first-order valence-electron chi connectivity index (χ1n) is 4.48. The van der Waals surface area contributed by atoms with Crippen LogP contribution in [0.15, 0.2) is 29.4 Å². The highest BCUT2D eigenvalue weighted by Gasteiger charge is 2.14. The molecule has 0 aliphatic carbocycles. The van der Waals surface area contributed by atoms with Crippen molar-refractivity contribution >= 4 is 11.3 Å². The van der Waals surface area contributed by atoms with Gasteiger partial charge < -0.3 is 9.88 Å². The first kappa shape index (κ1) is 9.43. The lowest BCUT2D eigenvalue weighted by atomic mass is 10.1. The van der Waals surface area contributed by atoms with Gasteiger partial charge in [-0.3, -0.25) is 0 Å². The van der Waals surface area contributed by atoms with Gasteiger partial charge in [-0.05, 0) is 29.4 Å². The minimum Gasteiger partial charge on any atom is -0.340 e. The Morgan fingerprint density at radius 1 is 1.57 bits per heavy atom. The Hall–Kier alpha value is -1.13. The van der Waals surface area contributed by atoms with E-state index >= 15 is 0 Å². The molecule has 0 aliphatic rings. The van der Waals surface area contributed by atoms with Gasteiger partial charge >= 0.3 is 0 Å². The SMILES string of the molecule is CNC(c1ccsc1)c1cn(C)cn1. The zero-order chi connectivity index (χ0) is 9.97. The number of hydrogen-bond acceptors (Lipinski definition) is 3. The summed E-state index contributed by atoms with van der Waals surface area (Å²) in [5.41, 5.74) is 2.34. The molecule has 14 heavy (non-hydrogen) atoms. The molecule has 1 N–H and O–H groups in total. The van der Waals surface area contributed by atoms with Crippen molar-refractivity contribution in [1.82, 2.24) is 14.9 Å². The van der Waals surface area contributed by atoms with Crippen molar-refractivity contribution in [2.45, 2.75) is 6.04 Å². The molecule has 2 rings (SSSR count). The van der Waals surface area contributed by atoms with E-state index in [-0.39, 0.29) is 6.04 Å². The summed E-state index contributed by atoms with van der Waals surface area (Å²) in [6.07, 6.45) is 3.87. The van der Waals surface area contributed by atoms with Gasteiger partial charge in [-0.1, -0.05) is 0 Å². The predicted molar refractivity (Wildman–Crippen MR) is 58.4 cm³/mol. The maximum Gasteiger partial charge on any atom is 0.0947 e. The number of hydrogen-bond donors (Lipinski definition) is 1. The molecule has 1 unspecified atom stereocenters. The lowest BCUT2D eigenvalue weighted by Crippen LogP contribution is -2.17. The van der Waals surface area contributed by atoms with E-state index in [0.717, 1.165) is 5.69 Å². The molecule has 0 spiro atoms. The molecule has 1 atom stereocenters. The Morgan fingerprint density at radius 2 is 2.43 bits per heavy atom. The first-order valence-corrected chi connectivity index (χ1v) is 5.43. The Labute approximate surface area is 87.4 Å². The van der Waals surface area contributed by atoms with E-state index in [1.807, 2.05) is 31.2 Å². The maximum atomic E-state index is 4.35. The molecule has 3 nitrogen and oxygen atoms in total. The third-order valence-corrected chi connectivity index (χ3v) is 2.89. The van der Waals surface area contributed by atoms with Crippen LogP contribution in [-0.4, -0.2) is 16.6 Å².